The fraction of sp³-hybridized carbons (Fsp3) is 0. The third-order valence-electron chi connectivity index (χ3n) is 17.5. The lowest BCUT2D eigenvalue weighted by Crippen LogP contribution is -2.64. The number of hydrogen-bond donors (Lipinski definition) is 0. The second-order valence-electron chi connectivity index (χ2n) is 22.1. The van der Waals surface area contributed by atoms with Crippen LogP contribution in [-0.4, -0.2) is 18.0 Å². The fourth-order valence-corrected chi connectivity index (χ4v) is 16.4. The SMILES string of the molecule is [2H]c1c([2H])c([2H])c2c(c1[2H])c1c([2H])c([2H])c([2H])c([2H])c1n2-c1cc2c3c(c1)N(c1ccccc1)c1cc4c(cc1B3c1ccccc1S2)B1c2ccccc2Sc2cc(N(c3ccccc3)c3ccccc3)cc(c21)N4c1c(-c2ccccc2)cccc1-c1ccccc1. The standard InChI is InChI=1S/C78H50B2N4S2/c1-6-25-51(26-7-1)58-37-24-38-59(52-27-8-2-9-28-52)78(58)84-69-50-68-64(49-65(69)80-63-40-19-23-44-73(63)85-74-47-56(45-71(84)77(74)80)81(53-29-10-3-11-30-53)54-31-12-4-13-32-54)79-62-39-18-22-43-72(62)86-75-48-57(46-70(76(75)79)82(68)55-33-14-5-15-34-55)83-66-41-20-16-35-60(66)61-36-17-21-42-67(61)83/h1-50H/i16D,17D,20D,21D,35D,36D,41D,42D. The van der Waals surface area contributed by atoms with Gasteiger partial charge in [-0.3, -0.25) is 0 Å². The molecule has 0 radical (unpaired) electrons. The van der Waals surface area contributed by atoms with Crippen molar-refractivity contribution in [2.75, 3.05) is 14.7 Å². The maximum atomic E-state index is 9.63. The Hall–Kier alpha value is -10.1. The highest BCUT2D eigenvalue weighted by Crippen LogP contribution is 2.53. The van der Waals surface area contributed by atoms with Crippen LogP contribution in [0.1, 0.15) is 11.0 Å². The van der Waals surface area contributed by atoms with Crippen LogP contribution in [0, 0.1) is 0 Å². The summed E-state index contributed by atoms with van der Waals surface area (Å²) in [4.78, 5) is 11.6. The largest absolute Gasteiger partial charge is 0.311 e. The van der Waals surface area contributed by atoms with Crippen molar-refractivity contribution in [2.24, 2.45) is 0 Å². The molecule has 400 valence electrons. The molecule has 5 heterocycles. The quantitative estimate of drug-likeness (QED) is 0.140. The number of aromatic nitrogens is 1. The van der Waals surface area contributed by atoms with Gasteiger partial charge in [-0.05, 0) is 124 Å². The zero-order valence-electron chi connectivity index (χ0n) is 54.0. The van der Waals surface area contributed by atoms with Crippen molar-refractivity contribution in [1.82, 2.24) is 4.57 Å². The molecule has 0 amide bonds. The van der Waals surface area contributed by atoms with E-state index in [2.05, 4.69) is 263 Å². The highest BCUT2D eigenvalue weighted by molar-refractivity contribution is 8.00. The van der Waals surface area contributed by atoms with Crippen LogP contribution in [0.2, 0.25) is 0 Å². The maximum absolute atomic E-state index is 9.63. The molecule has 14 aromatic rings. The highest BCUT2D eigenvalue weighted by Gasteiger charge is 2.47. The third kappa shape index (κ3) is 7.56. The zero-order chi connectivity index (χ0) is 63.4. The van der Waals surface area contributed by atoms with E-state index >= 15 is 0 Å². The normalized spacial score (nSPS) is 14.5. The van der Waals surface area contributed by atoms with Gasteiger partial charge in [0.05, 0.1) is 27.7 Å². The summed E-state index contributed by atoms with van der Waals surface area (Å²) < 4.78 is 75.7. The van der Waals surface area contributed by atoms with Crippen LogP contribution < -0.4 is 47.5 Å². The molecular formula is C78H50B2N4S2. The summed E-state index contributed by atoms with van der Waals surface area (Å²) in [5, 5.41) is 0.0608. The summed E-state index contributed by atoms with van der Waals surface area (Å²) in [5.74, 6) is 0. The number of para-hydroxylation sites is 6. The lowest BCUT2D eigenvalue weighted by Gasteiger charge is -2.45. The van der Waals surface area contributed by atoms with Crippen molar-refractivity contribution in [3.8, 4) is 27.9 Å². The van der Waals surface area contributed by atoms with E-state index in [0.29, 0.717) is 5.69 Å². The van der Waals surface area contributed by atoms with E-state index < -0.39 is 24.2 Å². The molecule has 4 aliphatic rings. The van der Waals surface area contributed by atoms with Crippen molar-refractivity contribution in [3.63, 3.8) is 0 Å². The van der Waals surface area contributed by atoms with Gasteiger partial charge in [-0.15, -0.1) is 0 Å². The molecule has 8 heteroatoms. The average Bonchev–Trinajstić information content (AvgIpc) is 0.994. The smallest absolute Gasteiger partial charge is 0.249 e. The molecule has 0 atom stereocenters. The van der Waals surface area contributed by atoms with Crippen molar-refractivity contribution in [2.45, 2.75) is 19.6 Å². The summed E-state index contributed by atoms with van der Waals surface area (Å²) in [5.41, 5.74) is 20.4. The van der Waals surface area contributed by atoms with E-state index in [-0.39, 0.29) is 59.4 Å². The minimum atomic E-state index is -0.485. The van der Waals surface area contributed by atoms with Crippen LogP contribution in [-0.2, 0) is 0 Å². The van der Waals surface area contributed by atoms with Crippen molar-refractivity contribution < 1.29 is 11.0 Å². The molecular weight excluding hydrogens is 1080 g/mol. The Morgan fingerprint density at radius 2 is 0.802 bits per heavy atom. The highest BCUT2D eigenvalue weighted by atomic mass is 32.2. The molecule has 4 aliphatic heterocycles. The van der Waals surface area contributed by atoms with Crippen LogP contribution in [0.15, 0.2) is 323 Å². The molecule has 86 heavy (non-hydrogen) atoms. The predicted octanol–water partition coefficient (Wildman–Crippen LogP) is 17.1. The first-order chi connectivity index (χ1) is 46.0. The van der Waals surface area contributed by atoms with Gasteiger partial charge in [-0.25, -0.2) is 0 Å². The van der Waals surface area contributed by atoms with E-state index in [9.17, 15) is 5.48 Å². The molecule has 18 rings (SSSR count). The Bertz CT molecular complexity index is 5360. The van der Waals surface area contributed by atoms with E-state index in [1.165, 1.54) is 15.8 Å². The molecule has 1 aromatic heterocycles. The molecule has 0 saturated carbocycles. The van der Waals surface area contributed by atoms with Crippen LogP contribution in [0.4, 0.5) is 51.2 Å². The van der Waals surface area contributed by atoms with E-state index in [1.54, 1.807) is 16.3 Å². The topological polar surface area (TPSA) is 14.7 Å². The third-order valence-corrected chi connectivity index (χ3v) is 19.8. The van der Waals surface area contributed by atoms with Gasteiger partial charge in [0, 0.05) is 92.7 Å². The van der Waals surface area contributed by atoms with Crippen molar-refractivity contribution in [3.05, 3.63) is 303 Å². The molecule has 0 spiro atoms. The van der Waals surface area contributed by atoms with Gasteiger partial charge in [-0.2, -0.15) is 0 Å². The van der Waals surface area contributed by atoms with Crippen LogP contribution in [0.25, 0.3) is 49.7 Å². The summed E-state index contributed by atoms with van der Waals surface area (Å²) in [7, 11) is 0. The summed E-state index contributed by atoms with van der Waals surface area (Å²) in [6, 6.07) is 87.7. The minimum absolute atomic E-state index is 0.0304. The predicted molar refractivity (Wildman–Crippen MR) is 366 cm³/mol. The molecule has 0 unspecified atom stereocenters. The van der Waals surface area contributed by atoms with Crippen molar-refractivity contribution in [1.29, 1.82) is 0 Å². The number of nitrogens with zero attached hydrogens (tertiary/aromatic N) is 4. The van der Waals surface area contributed by atoms with Gasteiger partial charge in [0.2, 0.25) is 13.4 Å². The molecule has 0 saturated heterocycles. The Morgan fingerprint density at radius 1 is 0.337 bits per heavy atom. The lowest BCUT2D eigenvalue weighted by molar-refractivity contribution is 1.15. The molecule has 0 bridgehead atoms. The van der Waals surface area contributed by atoms with E-state index in [0.717, 1.165) is 110 Å². The van der Waals surface area contributed by atoms with Gasteiger partial charge >= 0.3 is 0 Å². The number of fused-ring (bicyclic) bond motifs is 11. The molecule has 0 fully saturated rings. The molecule has 13 aromatic carbocycles. The summed E-state index contributed by atoms with van der Waals surface area (Å²) >= 11 is 3.46. The average molecular weight is 1140 g/mol. The summed E-state index contributed by atoms with van der Waals surface area (Å²) in [6.07, 6.45) is 0. The molecule has 4 nitrogen and oxygen atoms in total. The Morgan fingerprint density at radius 3 is 1.36 bits per heavy atom. The van der Waals surface area contributed by atoms with Gasteiger partial charge < -0.3 is 19.3 Å². The first-order valence-corrected chi connectivity index (χ1v) is 30.5. The molecule has 0 N–H and O–H groups in total. The van der Waals surface area contributed by atoms with Gasteiger partial charge in [0.25, 0.3) is 0 Å². The summed E-state index contributed by atoms with van der Waals surface area (Å²) in [6.45, 7) is -0.550. The van der Waals surface area contributed by atoms with E-state index in [1.807, 2.05) is 17.8 Å². The van der Waals surface area contributed by atoms with E-state index in [4.69, 9.17) is 5.48 Å². The second kappa shape index (κ2) is 19.7. The Balaban J connectivity index is 0.992. The van der Waals surface area contributed by atoms with Crippen molar-refractivity contribution >= 4 is 143 Å². The Labute approximate surface area is 520 Å². The first kappa shape index (κ1) is 41.8. The van der Waals surface area contributed by atoms with Gasteiger partial charge in [0.1, 0.15) is 0 Å². The fourth-order valence-electron chi connectivity index (χ4n) is 14.0. The zero-order valence-corrected chi connectivity index (χ0v) is 47.6. The number of rotatable bonds is 8. The minimum Gasteiger partial charge on any atom is -0.311 e. The Kier molecular flexibility index (Phi) is 9.60. The maximum Gasteiger partial charge on any atom is 0.249 e. The van der Waals surface area contributed by atoms with Crippen LogP contribution >= 0.6 is 23.5 Å². The lowest BCUT2D eigenvalue weighted by atomic mass is 9.31. The first-order valence-electron chi connectivity index (χ1n) is 32.9. The number of benzene rings is 13. The van der Waals surface area contributed by atoms with Gasteiger partial charge in [-0.1, -0.05) is 247 Å². The van der Waals surface area contributed by atoms with Gasteiger partial charge in [0.15, 0.2) is 0 Å². The number of anilines is 9. The monoisotopic (exact) mass is 1140 g/mol. The number of hydrogen-bond acceptors (Lipinski definition) is 5. The second-order valence-corrected chi connectivity index (χ2v) is 24.3. The van der Waals surface area contributed by atoms with Crippen LogP contribution in [0.3, 0.4) is 0 Å². The molecule has 0 aliphatic carbocycles. The van der Waals surface area contributed by atoms with Crippen LogP contribution in [0.5, 0.6) is 0 Å².